The van der Waals surface area contributed by atoms with E-state index in [4.69, 9.17) is 9.72 Å². The van der Waals surface area contributed by atoms with Gasteiger partial charge < -0.3 is 9.64 Å². The summed E-state index contributed by atoms with van der Waals surface area (Å²) in [7, 11) is 1.66. The fourth-order valence-corrected chi connectivity index (χ4v) is 4.34. The number of ether oxygens (including phenoxy) is 1. The number of fused-ring (bicyclic) bond motifs is 1. The molecule has 136 valence electrons. The van der Waals surface area contributed by atoms with E-state index in [2.05, 4.69) is 4.40 Å². The molecule has 1 saturated heterocycles. The normalized spacial score (nSPS) is 15.2. The molecule has 5 nitrogen and oxygen atoms in total. The summed E-state index contributed by atoms with van der Waals surface area (Å²) in [4.78, 5) is 20.4. The molecule has 6 heteroatoms. The molecule has 0 atom stereocenters. The summed E-state index contributed by atoms with van der Waals surface area (Å²) in [5.41, 5.74) is 2.94. The van der Waals surface area contributed by atoms with Crippen LogP contribution in [0.5, 0.6) is 5.75 Å². The number of likely N-dealkylation sites (tertiary alicyclic amines) is 1. The van der Waals surface area contributed by atoms with E-state index in [1.165, 1.54) is 12.8 Å². The Morgan fingerprint density at radius 1 is 1.23 bits per heavy atom. The fourth-order valence-electron chi connectivity index (χ4n) is 3.46. The Labute approximate surface area is 157 Å². The van der Waals surface area contributed by atoms with Gasteiger partial charge in [0.1, 0.15) is 5.75 Å². The number of benzene rings is 1. The predicted octanol–water partition coefficient (Wildman–Crippen LogP) is 4.02. The van der Waals surface area contributed by atoms with Crippen molar-refractivity contribution >= 4 is 22.2 Å². The Morgan fingerprint density at radius 3 is 2.81 bits per heavy atom. The molecule has 3 heterocycles. The molecule has 0 saturated carbocycles. The van der Waals surface area contributed by atoms with E-state index in [1.54, 1.807) is 18.4 Å². The third-order valence-corrected chi connectivity index (χ3v) is 5.83. The quantitative estimate of drug-likeness (QED) is 0.698. The predicted molar refractivity (Wildman–Crippen MR) is 104 cm³/mol. The van der Waals surface area contributed by atoms with Crippen molar-refractivity contribution in [1.82, 2.24) is 14.3 Å². The van der Waals surface area contributed by atoms with Gasteiger partial charge in [-0.25, -0.2) is 4.98 Å². The molecule has 2 aromatic heterocycles. The monoisotopic (exact) mass is 369 g/mol. The Bertz CT molecular complexity index is 907. The van der Waals surface area contributed by atoms with E-state index in [9.17, 15) is 4.79 Å². The summed E-state index contributed by atoms with van der Waals surface area (Å²) in [5, 5.41) is 2.05. The first kappa shape index (κ1) is 17.1. The lowest BCUT2D eigenvalue weighted by molar-refractivity contribution is -0.130. The van der Waals surface area contributed by atoms with E-state index in [0.29, 0.717) is 6.42 Å². The van der Waals surface area contributed by atoms with E-state index in [-0.39, 0.29) is 5.91 Å². The molecule has 4 rings (SSSR count). The van der Waals surface area contributed by atoms with Crippen molar-refractivity contribution in [1.29, 1.82) is 0 Å². The molecule has 0 N–H and O–H groups in total. The van der Waals surface area contributed by atoms with E-state index < -0.39 is 0 Å². The highest BCUT2D eigenvalue weighted by atomic mass is 32.1. The van der Waals surface area contributed by atoms with E-state index in [1.807, 2.05) is 40.7 Å². The summed E-state index contributed by atoms with van der Waals surface area (Å²) in [6, 6.07) is 7.89. The zero-order valence-electron chi connectivity index (χ0n) is 15.0. The van der Waals surface area contributed by atoms with Gasteiger partial charge in [0.15, 0.2) is 4.96 Å². The fraction of sp³-hybridized carbons (Fsp3) is 0.400. The highest BCUT2D eigenvalue weighted by molar-refractivity contribution is 7.15. The summed E-state index contributed by atoms with van der Waals surface area (Å²) in [6.45, 7) is 1.79. The van der Waals surface area contributed by atoms with Crippen LogP contribution in [0.2, 0.25) is 0 Å². The Kier molecular flexibility index (Phi) is 4.93. The Balaban J connectivity index is 1.56. The molecule has 1 amide bonds. The molecule has 0 radical (unpaired) electrons. The average molecular weight is 369 g/mol. The number of hydrogen-bond donors (Lipinski definition) is 0. The maximum absolute atomic E-state index is 12.7. The summed E-state index contributed by atoms with van der Waals surface area (Å²) < 4.78 is 7.35. The van der Waals surface area contributed by atoms with Crippen LogP contribution >= 0.6 is 11.3 Å². The van der Waals surface area contributed by atoms with Gasteiger partial charge in [0.05, 0.1) is 19.2 Å². The van der Waals surface area contributed by atoms with Gasteiger partial charge in [-0.15, -0.1) is 11.3 Å². The van der Waals surface area contributed by atoms with Crippen molar-refractivity contribution in [3.05, 3.63) is 41.5 Å². The second-order valence-corrected chi connectivity index (χ2v) is 7.55. The smallest absolute Gasteiger partial charge is 0.228 e. The second-order valence-electron chi connectivity index (χ2n) is 6.71. The van der Waals surface area contributed by atoms with Crippen LogP contribution in [0.1, 0.15) is 31.4 Å². The van der Waals surface area contributed by atoms with Crippen LogP contribution < -0.4 is 4.74 Å². The van der Waals surface area contributed by atoms with Gasteiger partial charge in [0.2, 0.25) is 5.91 Å². The lowest BCUT2D eigenvalue weighted by Crippen LogP contribution is -2.33. The zero-order valence-corrected chi connectivity index (χ0v) is 15.8. The van der Waals surface area contributed by atoms with Crippen LogP contribution in [-0.4, -0.2) is 40.4 Å². The SMILES string of the molecule is COc1cccc(-c2cn3c(CC(=O)N4CCCCCC4)csc3n2)c1. The maximum Gasteiger partial charge on any atom is 0.228 e. The third-order valence-electron chi connectivity index (χ3n) is 4.94. The van der Waals surface area contributed by atoms with E-state index in [0.717, 1.165) is 53.6 Å². The molecule has 1 aliphatic heterocycles. The van der Waals surface area contributed by atoms with Crippen molar-refractivity contribution in [3.8, 4) is 17.0 Å². The van der Waals surface area contributed by atoms with Gasteiger partial charge in [0, 0.05) is 35.9 Å². The molecule has 1 aliphatic rings. The largest absolute Gasteiger partial charge is 0.497 e. The number of amides is 1. The first-order chi connectivity index (χ1) is 12.7. The number of hydrogen-bond acceptors (Lipinski definition) is 4. The van der Waals surface area contributed by atoms with Gasteiger partial charge in [-0.1, -0.05) is 25.0 Å². The van der Waals surface area contributed by atoms with Crippen LogP contribution in [0.15, 0.2) is 35.8 Å². The van der Waals surface area contributed by atoms with Crippen molar-refractivity contribution in [2.45, 2.75) is 32.1 Å². The lowest BCUT2D eigenvalue weighted by Gasteiger charge is -2.19. The molecule has 0 bridgehead atoms. The summed E-state index contributed by atoms with van der Waals surface area (Å²) in [6.07, 6.45) is 7.17. The molecule has 1 fully saturated rings. The van der Waals surface area contributed by atoms with Crippen molar-refractivity contribution < 1.29 is 9.53 Å². The lowest BCUT2D eigenvalue weighted by atomic mass is 10.1. The van der Waals surface area contributed by atoms with Gasteiger partial charge in [-0.3, -0.25) is 9.20 Å². The first-order valence-corrected chi connectivity index (χ1v) is 10.0. The Hall–Kier alpha value is -2.34. The topological polar surface area (TPSA) is 46.8 Å². The van der Waals surface area contributed by atoms with Crippen molar-refractivity contribution in [2.75, 3.05) is 20.2 Å². The number of thiazole rings is 1. The van der Waals surface area contributed by atoms with Crippen LogP contribution in [0.25, 0.3) is 16.2 Å². The van der Waals surface area contributed by atoms with Crippen LogP contribution in [0.3, 0.4) is 0 Å². The number of carbonyl (C=O) groups excluding carboxylic acids is 1. The van der Waals surface area contributed by atoms with Gasteiger partial charge >= 0.3 is 0 Å². The number of methoxy groups -OCH3 is 1. The highest BCUT2D eigenvalue weighted by Crippen LogP contribution is 2.26. The van der Waals surface area contributed by atoms with Crippen molar-refractivity contribution in [2.24, 2.45) is 0 Å². The zero-order chi connectivity index (χ0) is 17.9. The number of aromatic nitrogens is 2. The van der Waals surface area contributed by atoms with Crippen LogP contribution in [0, 0.1) is 0 Å². The molecular formula is C20H23N3O2S. The minimum absolute atomic E-state index is 0.225. The third kappa shape index (κ3) is 3.46. The minimum Gasteiger partial charge on any atom is -0.497 e. The van der Waals surface area contributed by atoms with Crippen molar-refractivity contribution in [3.63, 3.8) is 0 Å². The molecule has 0 unspecified atom stereocenters. The first-order valence-electron chi connectivity index (χ1n) is 9.12. The van der Waals surface area contributed by atoms with Crippen LogP contribution in [0.4, 0.5) is 0 Å². The highest BCUT2D eigenvalue weighted by Gasteiger charge is 2.18. The average Bonchev–Trinajstić information content (AvgIpc) is 3.13. The second kappa shape index (κ2) is 7.50. The number of nitrogens with zero attached hydrogens (tertiary/aromatic N) is 3. The maximum atomic E-state index is 12.7. The van der Waals surface area contributed by atoms with E-state index >= 15 is 0 Å². The summed E-state index contributed by atoms with van der Waals surface area (Å²) >= 11 is 1.58. The van der Waals surface area contributed by atoms with Gasteiger partial charge in [-0.2, -0.15) is 0 Å². The minimum atomic E-state index is 0.225. The number of imidazole rings is 1. The molecule has 26 heavy (non-hydrogen) atoms. The number of carbonyl (C=O) groups is 1. The Morgan fingerprint density at radius 2 is 2.04 bits per heavy atom. The molecule has 1 aromatic carbocycles. The molecule has 0 aliphatic carbocycles. The summed E-state index contributed by atoms with van der Waals surface area (Å²) in [5.74, 6) is 1.04. The van der Waals surface area contributed by atoms with Crippen LogP contribution in [-0.2, 0) is 11.2 Å². The van der Waals surface area contributed by atoms with Gasteiger partial charge in [-0.05, 0) is 25.0 Å². The standard InChI is InChI=1S/C20H23N3O2S/c1-25-17-8-6-7-15(11-17)18-13-23-16(14-26-20(23)21-18)12-19(24)22-9-4-2-3-5-10-22/h6-8,11,13-14H,2-5,9-10,12H2,1H3. The van der Waals surface area contributed by atoms with Gasteiger partial charge in [0.25, 0.3) is 0 Å². The molecular weight excluding hydrogens is 346 g/mol. The number of rotatable bonds is 4. The molecule has 3 aromatic rings. The molecule has 0 spiro atoms.